The van der Waals surface area contributed by atoms with Crippen molar-refractivity contribution in [1.29, 1.82) is 0 Å². The van der Waals surface area contributed by atoms with Gasteiger partial charge in [0.05, 0.1) is 19.1 Å². The topological polar surface area (TPSA) is 46.6 Å². The van der Waals surface area contributed by atoms with E-state index in [1.54, 1.807) is 0 Å². The Hall–Kier alpha value is -0.900. The zero-order chi connectivity index (χ0) is 12.0. The molecule has 1 saturated carbocycles. The van der Waals surface area contributed by atoms with Crippen LogP contribution in [0.25, 0.3) is 0 Å². The highest BCUT2D eigenvalue weighted by molar-refractivity contribution is 5.90. The summed E-state index contributed by atoms with van der Waals surface area (Å²) in [5.74, 6) is 0.299. The molecule has 17 heavy (non-hydrogen) atoms. The Balaban J connectivity index is 1.76. The average molecular weight is 237 g/mol. The molecule has 0 N–H and O–H groups in total. The molecule has 0 spiro atoms. The molecule has 0 aromatic heterocycles. The molecule has 4 heteroatoms. The summed E-state index contributed by atoms with van der Waals surface area (Å²) >= 11 is 0. The molecule has 2 saturated heterocycles. The lowest BCUT2D eigenvalue weighted by molar-refractivity contribution is -0.147. The number of rotatable bonds is 1. The molecular formula is C13H19NO3. The lowest BCUT2D eigenvalue weighted by Crippen LogP contribution is -2.39. The Kier molecular flexibility index (Phi) is 2.69. The summed E-state index contributed by atoms with van der Waals surface area (Å²) in [4.78, 5) is 26.2. The van der Waals surface area contributed by atoms with Crippen molar-refractivity contribution in [2.24, 2.45) is 11.8 Å². The normalized spacial score (nSPS) is 41.1. The van der Waals surface area contributed by atoms with Crippen molar-refractivity contribution in [2.75, 3.05) is 13.7 Å². The Labute approximate surface area is 101 Å². The van der Waals surface area contributed by atoms with Gasteiger partial charge >= 0.3 is 5.97 Å². The van der Waals surface area contributed by atoms with Crippen LogP contribution < -0.4 is 0 Å². The lowest BCUT2D eigenvalue weighted by Gasteiger charge is -2.33. The highest BCUT2D eigenvalue weighted by Crippen LogP contribution is 2.43. The molecule has 3 fully saturated rings. The molecule has 2 aliphatic heterocycles. The van der Waals surface area contributed by atoms with Crippen molar-refractivity contribution in [3.63, 3.8) is 0 Å². The molecule has 3 rings (SSSR count). The minimum absolute atomic E-state index is 0.0507. The molecule has 0 unspecified atom stereocenters. The fourth-order valence-electron chi connectivity index (χ4n) is 3.98. The highest BCUT2D eigenvalue weighted by Gasteiger charge is 2.52. The van der Waals surface area contributed by atoms with Crippen molar-refractivity contribution in [3.8, 4) is 0 Å². The van der Waals surface area contributed by atoms with E-state index in [9.17, 15) is 9.59 Å². The number of hydrogen-bond acceptors (Lipinski definition) is 4. The fraction of sp³-hybridized carbons (Fsp3) is 0.846. The van der Waals surface area contributed by atoms with E-state index in [-0.39, 0.29) is 23.8 Å². The van der Waals surface area contributed by atoms with Crippen LogP contribution in [-0.2, 0) is 14.3 Å². The van der Waals surface area contributed by atoms with Gasteiger partial charge in [-0.15, -0.1) is 0 Å². The third kappa shape index (κ3) is 1.61. The minimum Gasteiger partial charge on any atom is -0.469 e. The predicted octanol–water partition coefficient (Wildman–Crippen LogP) is 0.991. The molecule has 94 valence electrons. The van der Waals surface area contributed by atoms with E-state index in [2.05, 4.69) is 4.90 Å². The maximum absolute atomic E-state index is 12.3. The van der Waals surface area contributed by atoms with Crippen LogP contribution in [0, 0.1) is 11.8 Å². The highest BCUT2D eigenvalue weighted by atomic mass is 16.5. The largest absolute Gasteiger partial charge is 0.469 e. The van der Waals surface area contributed by atoms with Gasteiger partial charge in [-0.2, -0.15) is 0 Å². The summed E-state index contributed by atoms with van der Waals surface area (Å²) in [7, 11) is 1.43. The van der Waals surface area contributed by atoms with Crippen LogP contribution in [0.3, 0.4) is 0 Å². The Bertz CT molecular complexity index is 355. The van der Waals surface area contributed by atoms with E-state index < -0.39 is 0 Å². The number of ether oxygens (including phenoxy) is 1. The summed E-state index contributed by atoms with van der Waals surface area (Å²) in [5, 5.41) is 0. The zero-order valence-electron chi connectivity index (χ0n) is 10.2. The molecule has 2 heterocycles. The number of carbonyl (C=O) groups is 2. The average Bonchev–Trinajstić information content (AvgIpc) is 2.92. The minimum atomic E-state index is -0.136. The summed E-state index contributed by atoms with van der Waals surface area (Å²) < 4.78 is 4.80. The molecule has 4 nitrogen and oxygen atoms in total. The molecular weight excluding hydrogens is 218 g/mol. The van der Waals surface area contributed by atoms with Crippen molar-refractivity contribution < 1.29 is 14.3 Å². The number of ketones is 1. The Morgan fingerprint density at radius 2 is 2.18 bits per heavy atom. The van der Waals surface area contributed by atoms with Crippen molar-refractivity contribution in [3.05, 3.63) is 0 Å². The van der Waals surface area contributed by atoms with Crippen LogP contribution >= 0.6 is 0 Å². The first kappa shape index (κ1) is 11.2. The second kappa shape index (κ2) is 4.09. The third-order valence-corrected chi connectivity index (χ3v) is 4.76. The lowest BCUT2D eigenvalue weighted by atomic mass is 9.77. The van der Waals surface area contributed by atoms with Gasteiger partial charge in [0.2, 0.25) is 0 Å². The molecule has 0 radical (unpaired) electrons. The first-order valence-electron chi connectivity index (χ1n) is 6.59. The van der Waals surface area contributed by atoms with Crippen LogP contribution in [0.4, 0.5) is 0 Å². The monoisotopic (exact) mass is 237 g/mol. The summed E-state index contributed by atoms with van der Waals surface area (Å²) in [5.41, 5.74) is 0. The van der Waals surface area contributed by atoms with E-state index in [1.165, 1.54) is 7.11 Å². The summed E-state index contributed by atoms with van der Waals surface area (Å²) in [6.45, 7) is 1.07. The Morgan fingerprint density at radius 1 is 1.35 bits per heavy atom. The van der Waals surface area contributed by atoms with Gasteiger partial charge in [-0.3, -0.25) is 14.5 Å². The Morgan fingerprint density at radius 3 is 2.94 bits per heavy atom. The predicted molar refractivity (Wildman–Crippen MR) is 61.4 cm³/mol. The van der Waals surface area contributed by atoms with E-state index >= 15 is 0 Å². The SMILES string of the molecule is COC(=O)[C@H]1CC[C@H]2[C@@H](C1)C(=O)[C@H]1CCCN12. The molecule has 4 atom stereocenters. The van der Waals surface area contributed by atoms with Crippen LogP contribution in [0.1, 0.15) is 32.1 Å². The number of methoxy groups -OCH3 is 1. The number of carbonyl (C=O) groups excluding carboxylic acids is 2. The second-order valence-corrected chi connectivity index (χ2v) is 5.51. The van der Waals surface area contributed by atoms with E-state index in [4.69, 9.17) is 4.74 Å². The van der Waals surface area contributed by atoms with Crippen molar-refractivity contribution >= 4 is 11.8 Å². The third-order valence-electron chi connectivity index (χ3n) is 4.76. The number of esters is 1. The number of hydrogen-bond donors (Lipinski definition) is 0. The molecule has 1 aliphatic carbocycles. The molecule has 3 aliphatic rings. The first-order valence-corrected chi connectivity index (χ1v) is 6.59. The maximum Gasteiger partial charge on any atom is 0.308 e. The molecule has 0 aromatic carbocycles. The van der Waals surface area contributed by atoms with Crippen molar-refractivity contribution in [2.45, 2.75) is 44.2 Å². The van der Waals surface area contributed by atoms with Gasteiger partial charge in [0.15, 0.2) is 5.78 Å². The maximum atomic E-state index is 12.3. The summed E-state index contributed by atoms with van der Waals surface area (Å²) in [6.07, 6.45) is 4.75. The first-order chi connectivity index (χ1) is 8.22. The van der Waals surface area contributed by atoms with E-state index in [0.717, 1.165) is 32.2 Å². The summed E-state index contributed by atoms with van der Waals surface area (Å²) in [6, 6.07) is 0.581. The van der Waals surface area contributed by atoms with Gasteiger partial charge in [-0.1, -0.05) is 0 Å². The van der Waals surface area contributed by atoms with Gasteiger partial charge in [0, 0.05) is 12.0 Å². The molecule has 0 amide bonds. The van der Waals surface area contributed by atoms with Gasteiger partial charge in [-0.25, -0.2) is 0 Å². The van der Waals surface area contributed by atoms with Crippen molar-refractivity contribution in [1.82, 2.24) is 4.90 Å². The standard InChI is InChI=1S/C13H19NO3/c1-17-13(16)8-4-5-10-9(7-8)12(15)11-3-2-6-14(10)11/h8-11H,2-7H2,1H3/t8-,9+,10-,11+/m0/s1. The number of Topliss-reactive ketones (excluding diaryl/α,β-unsaturated/α-hetero) is 1. The number of fused-ring (bicyclic) bond motifs is 3. The van der Waals surface area contributed by atoms with Gasteiger partial charge in [-0.05, 0) is 38.6 Å². The molecule has 0 aromatic rings. The van der Waals surface area contributed by atoms with E-state index in [0.29, 0.717) is 18.2 Å². The van der Waals surface area contributed by atoms with Crippen LogP contribution in [0.5, 0.6) is 0 Å². The molecule has 0 bridgehead atoms. The smallest absolute Gasteiger partial charge is 0.308 e. The van der Waals surface area contributed by atoms with Crippen LogP contribution in [0.15, 0.2) is 0 Å². The quantitative estimate of drug-likeness (QED) is 0.638. The van der Waals surface area contributed by atoms with Gasteiger partial charge in [0.25, 0.3) is 0 Å². The van der Waals surface area contributed by atoms with E-state index in [1.807, 2.05) is 0 Å². The number of nitrogens with zero attached hydrogens (tertiary/aromatic N) is 1. The van der Waals surface area contributed by atoms with Gasteiger partial charge in [0.1, 0.15) is 0 Å². The second-order valence-electron chi connectivity index (χ2n) is 5.51. The van der Waals surface area contributed by atoms with Crippen LogP contribution in [-0.4, -0.2) is 42.4 Å². The fourth-order valence-corrected chi connectivity index (χ4v) is 3.98. The van der Waals surface area contributed by atoms with Crippen LogP contribution in [0.2, 0.25) is 0 Å². The van der Waals surface area contributed by atoms with Gasteiger partial charge < -0.3 is 4.74 Å². The zero-order valence-corrected chi connectivity index (χ0v) is 10.2.